The van der Waals surface area contributed by atoms with Gasteiger partial charge in [-0.05, 0) is 49.3 Å². The normalized spacial score (nSPS) is 27.1. The minimum absolute atomic E-state index is 0.0217. The highest BCUT2D eigenvalue weighted by Gasteiger charge is 2.26. The third-order valence-electron chi connectivity index (χ3n) is 3.87. The summed E-state index contributed by atoms with van der Waals surface area (Å²) >= 11 is 6.83. The molecule has 3 unspecified atom stereocenters. The molecule has 0 spiro atoms. The molecule has 2 rings (SSSR count). The Kier molecular flexibility index (Phi) is 5.07. The molecule has 1 aromatic carbocycles. The van der Waals surface area contributed by atoms with E-state index in [0.717, 1.165) is 21.3 Å². The summed E-state index contributed by atoms with van der Waals surface area (Å²) in [7, 11) is 0. The van der Waals surface area contributed by atoms with Crippen molar-refractivity contribution in [2.45, 2.75) is 39.2 Å². The van der Waals surface area contributed by atoms with E-state index in [-0.39, 0.29) is 5.91 Å². The van der Waals surface area contributed by atoms with E-state index in [4.69, 9.17) is 0 Å². The quantitative estimate of drug-likeness (QED) is 0.776. The summed E-state index contributed by atoms with van der Waals surface area (Å²) in [6.07, 6.45) is 3.49. The van der Waals surface area contributed by atoms with Crippen molar-refractivity contribution in [2.75, 3.05) is 0 Å². The fourth-order valence-electron chi connectivity index (χ4n) is 2.82. The molecule has 2 nitrogen and oxygen atoms in total. The Balaban J connectivity index is 2.04. The Hall–Kier alpha value is -0.350. The number of nitrogens with one attached hydrogen (secondary N) is 1. The van der Waals surface area contributed by atoms with Gasteiger partial charge in [-0.2, -0.15) is 0 Å². The Bertz CT molecular complexity index is 455. The van der Waals surface area contributed by atoms with Gasteiger partial charge >= 0.3 is 0 Å². The Morgan fingerprint density at radius 3 is 2.37 bits per heavy atom. The van der Waals surface area contributed by atoms with Crippen LogP contribution in [0, 0.1) is 11.8 Å². The van der Waals surface area contributed by atoms with Crippen molar-refractivity contribution >= 4 is 37.8 Å². The molecular weight excluding hydrogens is 370 g/mol. The van der Waals surface area contributed by atoms with Crippen LogP contribution >= 0.6 is 31.9 Å². The van der Waals surface area contributed by atoms with Crippen LogP contribution in [-0.2, 0) is 0 Å². The second-order valence-corrected chi connectivity index (χ2v) is 7.46. The minimum atomic E-state index is 0.0217. The predicted octanol–water partition coefficient (Wildman–Crippen LogP) is 4.77. The van der Waals surface area contributed by atoms with Crippen LogP contribution in [0.5, 0.6) is 0 Å². The van der Waals surface area contributed by atoms with E-state index in [1.807, 2.05) is 18.2 Å². The molecule has 1 amide bonds. The summed E-state index contributed by atoms with van der Waals surface area (Å²) in [4.78, 5) is 12.3. The number of halogens is 2. The van der Waals surface area contributed by atoms with Gasteiger partial charge in [-0.3, -0.25) is 4.79 Å². The van der Waals surface area contributed by atoms with Crippen LogP contribution < -0.4 is 5.32 Å². The molecule has 1 aliphatic rings. The lowest BCUT2D eigenvalue weighted by molar-refractivity contribution is 0.0899. The molecule has 104 valence electrons. The second kappa shape index (κ2) is 6.40. The van der Waals surface area contributed by atoms with E-state index in [1.54, 1.807) is 0 Å². The van der Waals surface area contributed by atoms with Gasteiger partial charge in [-0.15, -0.1) is 0 Å². The summed E-state index contributed by atoms with van der Waals surface area (Å²) in [5.41, 5.74) is 0.701. The van der Waals surface area contributed by atoms with Crippen molar-refractivity contribution in [1.82, 2.24) is 5.32 Å². The van der Waals surface area contributed by atoms with Crippen LogP contribution in [0.2, 0.25) is 0 Å². The van der Waals surface area contributed by atoms with Crippen molar-refractivity contribution < 1.29 is 4.79 Å². The van der Waals surface area contributed by atoms with Gasteiger partial charge in [0.15, 0.2) is 0 Å². The van der Waals surface area contributed by atoms with Gasteiger partial charge in [0.25, 0.3) is 5.91 Å². The fraction of sp³-hybridized carbons (Fsp3) is 0.533. The smallest absolute Gasteiger partial charge is 0.251 e. The first-order chi connectivity index (χ1) is 8.95. The molecule has 0 heterocycles. The largest absolute Gasteiger partial charge is 0.349 e. The summed E-state index contributed by atoms with van der Waals surface area (Å²) in [6.45, 7) is 4.53. The lowest BCUT2D eigenvalue weighted by atomic mass is 9.80. The first kappa shape index (κ1) is 15.0. The average Bonchev–Trinajstić information content (AvgIpc) is 2.31. The van der Waals surface area contributed by atoms with Gasteiger partial charge < -0.3 is 5.32 Å². The number of amides is 1. The number of benzene rings is 1. The third-order valence-corrected chi connectivity index (χ3v) is 4.79. The summed E-state index contributed by atoms with van der Waals surface area (Å²) in [5.74, 6) is 1.36. The Morgan fingerprint density at radius 2 is 1.79 bits per heavy atom. The highest BCUT2D eigenvalue weighted by atomic mass is 79.9. The SMILES string of the molecule is CC1CCC(NC(=O)c2cc(Br)cc(Br)c2)C(C)C1. The monoisotopic (exact) mass is 387 g/mol. The highest BCUT2D eigenvalue weighted by molar-refractivity contribution is 9.11. The molecular formula is C15H19Br2NO. The van der Waals surface area contributed by atoms with Crippen LogP contribution in [0.4, 0.5) is 0 Å². The van der Waals surface area contributed by atoms with Crippen LogP contribution in [0.15, 0.2) is 27.1 Å². The second-order valence-electron chi connectivity index (χ2n) is 5.63. The number of hydrogen-bond acceptors (Lipinski definition) is 1. The molecule has 0 saturated heterocycles. The minimum Gasteiger partial charge on any atom is -0.349 e. The molecule has 1 fully saturated rings. The summed E-state index contributed by atoms with van der Waals surface area (Å²) in [5, 5.41) is 3.18. The van der Waals surface area contributed by atoms with Crippen molar-refractivity contribution in [3.05, 3.63) is 32.7 Å². The molecule has 0 bridgehead atoms. The molecule has 0 radical (unpaired) electrons. The van der Waals surface area contributed by atoms with Crippen LogP contribution in [-0.4, -0.2) is 11.9 Å². The van der Waals surface area contributed by atoms with E-state index < -0.39 is 0 Å². The number of carbonyl (C=O) groups is 1. The zero-order valence-corrected chi connectivity index (χ0v) is 14.4. The summed E-state index contributed by atoms with van der Waals surface area (Å²) in [6, 6.07) is 5.95. The van der Waals surface area contributed by atoms with Crippen molar-refractivity contribution in [3.63, 3.8) is 0 Å². The first-order valence-electron chi connectivity index (χ1n) is 6.72. The lowest BCUT2D eigenvalue weighted by Gasteiger charge is -2.33. The molecule has 1 saturated carbocycles. The Labute approximate surface area is 131 Å². The molecule has 1 N–H and O–H groups in total. The maximum atomic E-state index is 12.3. The van der Waals surface area contributed by atoms with Gasteiger partial charge in [-0.1, -0.05) is 45.7 Å². The maximum absolute atomic E-state index is 12.3. The van der Waals surface area contributed by atoms with Crippen LogP contribution in [0.25, 0.3) is 0 Å². The number of carbonyl (C=O) groups excluding carboxylic acids is 1. The first-order valence-corrected chi connectivity index (χ1v) is 8.31. The number of rotatable bonds is 2. The topological polar surface area (TPSA) is 29.1 Å². The zero-order valence-electron chi connectivity index (χ0n) is 11.2. The zero-order chi connectivity index (χ0) is 14.0. The molecule has 1 aliphatic carbocycles. The third kappa shape index (κ3) is 4.06. The van der Waals surface area contributed by atoms with E-state index in [9.17, 15) is 4.79 Å². The summed E-state index contributed by atoms with van der Waals surface area (Å²) < 4.78 is 1.83. The highest BCUT2D eigenvalue weighted by Crippen LogP contribution is 2.29. The molecule has 4 heteroatoms. The van der Waals surface area contributed by atoms with Crippen molar-refractivity contribution in [1.29, 1.82) is 0 Å². The van der Waals surface area contributed by atoms with Crippen molar-refractivity contribution in [3.8, 4) is 0 Å². The van der Waals surface area contributed by atoms with E-state index in [2.05, 4.69) is 51.0 Å². The molecule has 0 aliphatic heterocycles. The van der Waals surface area contributed by atoms with Crippen molar-refractivity contribution in [2.24, 2.45) is 11.8 Å². The van der Waals surface area contributed by atoms with Gasteiger partial charge in [0, 0.05) is 20.6 Å². The van der Waals surface area contributed by atoms with E-state index in [0.29, 0.717) is 17.5 Å². The molecule has 19 heavy (non-hydrogen) atoms. The average molecular weight is 389 g/mol. The van der Waals surface area contributed by atoms with Crippen LogP contribution in [0.1, 0.15) is 43.5 Å². The maximum Gasteiger partial charge on any atom is 0.251 e. The molecule has 0 aromatic heterocycles. The lowest BCUT2D eigenvalue weighted by Crippen LogP contribution is -2.42. The number of hydrogen-bond donors (Lipinski definition) is 1. The predicted molar refractivity (Wildman–Crippen MR) is 85.3 cm³/mol. The Morgan fingerprint density at radius 1 is 1.16 bits per heavy atom. The van der Waals surface area contributed by atoms with Crippen LogP contribution in [0.3, 0.4) is 0 Å². The molecule has 3 atom stereocenters. The van der Waals surface area contributed by atoms with Gasteiger partial charge in [0.05, 0.1) is 0 Å². The van der Waals surface area contributed by atoms with Gasteiger partial charge in [0.2, 0.25) is 0 Å². The standard InChI is InChI=1S/C15H19Br2NO/c1-9-3-4-14(10(2)5-9)18-15(19)11-6-12(16)8-13(17)7-11/h6-10,14H,3-5H2,1-2H3,(H,18,19). The fourth-order valence-corrected chi connectivity index (χ4v) is 4.11. The van der Waals surface area contributed by atoms with E-state index in [1.165, 1.54) is 12.8 Å². The van der Waals surface area contributed by atoms with Gasteiger partial charge in [0.1, 0.15) is 0 Å². The van der Waals surface area contributed by atoms with E-state index >= 15 is 0 Å². The van der Waals surface area contributed by atoms with Gasteiger partial charge in [-0.25, -0.2) is 0 Å². The molecule has 1 aromatic rings.